The van der Waals surface area contributed by atoms with E-state index in [9.17, 15) is 8.42 Å². The van der Waals surface area contributed by atoms with Gasteiger partial charge in [0.1, 0.15) is 11.6 Å². The molecule has 0 aliphatic rings. The van der Waals surface area contributed by atoms with Crippen LogP contribution in [-0.2, 0) is 16.6 Å². The molecule has 1 aromatic carbocycles. The van der Waals surface area contributed by atoms with Crippen molar-refractivity contribution in [3.05, 3.63) is 48.2 Å². The number of sulfonamides is 1. The maximum absolute atomic E-state index is 12.5. The molecule has 0 atom stereocenters. The summed E-state index contributed by atoms with van der Waals surface area (Å²) in [6, 6.07) is 10.0. The third kappa shape index (κ3) is 3.32. The zero-order valence-corrected chi connectivity index (χ0v) is 12.7. The number of nitrogens with two attached hydrogens (primary N) is 1. The highest BCUT2D eigenvalue weighted by atomic mass is 32.2. The van der Waals surface area contributed by atoms with E-state index in [0.29, 0.717) is 5.75 Å². The molecule has 1 heterocycles. The lowest BCUT2D eigenvalue weighted by atomic mass is 10.2. The average Bonchev–Trinajstić information content (AvgIpc) is 2.47. The molecule has 0 aliphatic heterocycles. The van der Waals surface area contributed by atoms with Gasteiger partial charge in [0.05, 0.1) is 12.0 Å². The molecule has 6 nitrogen and oxygen atoms in total. The number of rotatable bonds is 5. The quantitative estimate of drug-likeness (QED) is 0.904. The molecule has 2 rings (SSSR count). The Morgan fingerprint density at radius 2 is 2.00 bits per heavy atom. The van der Waals surface area contributed by atoms with Crippen molar-refractivity contribution in [2.75, 3.05) is 19.9 Å². The van der Waals surface area contributed by atoms with E-state index in [1.807, 2.05) is 18.2 Å². The van der Waals surface area contributed by atoms with Crippen molar-refractivity contribution in [3.63, 3.8) is 0 Å². The smallest absolute Gasteiger partial charge is 0.243 e. The third-order valence-corrected chi connectivity index (χ3v) is 4.85. The number of para-hydroxylation sites is 1. The third-order valence-electron chi connectivity index (χ3n) is 3.05. The van der Waals surface area contributed by atoms with Gasteiger partial charge in [-0.3, -0.25) is 0 Å². The molecule has 0 fully saturated rings. The zero-order valence-electron chi connectivity index (χ0n) is 11.9. The first-order valence-corrected chi connectivity index (χ1v) is 7.69. The monoisotopic (exact) mass is 307 g/mol. The maximum atomic E-state index is 12.5. The van der Waals surface area contributed by atoms with Crippen molar-refractivity contribution in [3.8, 4) is 5.75 Å². The second-order valence-electron chi connectivity index (χ2n) is 4.49. The van der Waals surface area contributed by atoms with Gasteiger partial charge in [-0.1, -0.05) is 18.2 Å². The normalized spacial score (nSPS) is 11.6. The van der Waals surface area contributed by atoms with Gasteiger partial charge in [-0.05, 0) is 12.1 Å². The fourth-order valence-electron chi connectivity index (χ4n) is 1.93. The molecule has 0 amide bonds. The van der Waals surface area contributed by atoms with Crippen LogP contribution in [0.5, 0.6) is 5.75 Å². The van der Waals surface area contributed by atoms with Crippen LogP contribution in [0.2, 0.25) is 0 Å². The fraction of sp³-hybridized carbons (Fsp3) is 0.214. The van der Waals surface area contributed by atoms with Crippen LogP contribution in [-0.4, -0.2) is 31.9 Å². The molecular formula is C14H17N3O3S. The number of hydrogen-bond acceptors (Lipinski definition) is 5. The van der Waals surface area contributed by atoms with Crippen molar-refractivity contribution < 1.29 is 13.2 Å². The molecule has 0 aliphatic carbocycles. The number of nitrogens with zero attached hydrogens (tertiary/aromatic N) is 2. The summed E-state index contributed by atoms with van der Waals surface area (Å²) in [7, 11) is -0.562. The lowest BCUT2D eigenvalue weighted by molar-refractivity contribution is 0.398. The summed E-state index contributed by atoms with van der Waals surface area (Å²) in [5.41, 5.74) is 6.32. The van der Waals surface area contributed by atoms with E-state index in [4.69, 9.17) is 10.5 Å². The Kier molecular flexibility index (Phi) is 4.44. The van der Waals surface area contributed by atoms with Gasteiger partial charge < -0.3 is 10.5 Å². The number of hydrogen-bond donors (Lipinski definition) is 1. The second kappa shape index (κ2) is 6.11. The number of aromatic nitrogens is 1. The molecule has 0 bridgehead atoms. The summed E-state index contributed by atoms with van der Waals surface area (Å²) in [5.74, 6) is 0.815. The van der Waals surface area contributed by atoms with Crippen molar-refractivity contribution in [2.24, 2.45) is 0 Å². The van der Waals surface area contributed by atoms with Crippen molar-refractivity contribution >= 4 is 15.8 Å². The molecule has 0 saturated heterocycles. The Hall–Kier alpha value is -2.12. The zero-order chi connectivity index (χ0) is 15.5. The van der Waals surface area contributed by atoms with Crippen LogP contribution in [0.25, 0.3) is 0 Å². The average molecular weight is 307 g/mol. The van der Waals surface area contributed by atoms with Gasteiger partial charge in [-0.25, -0.2) is 13.4 Å². The van der Waals surface area contributed by atoms with E-state index in [-0.39, 0.29) is 17.3 Å². The van der Waals surface area contributed by atoms with Gasteiger partial charge in [-0.15, -0.1) is 0 Å². The Morgan fingerprint density at radius 3 is 2.67 bits per heavy atom. The van der Waals surface area contributed by atoms with Crippen LogP contribution in [0.3, 0.4) is 0 Å². The largest absolute Gasteiger partial charge is 0.496 e. The minimum absolute atomic E-state index is 0.118. The number of anilines is 1. The molecule has 0 radical (unpaired) electrons. The number of methoxy groups -OCH3 is 1. The van der Waals surface area contributed by atoms with Gasteiger partial charge >= 0.3 is 0 Å². The first-order valence-electron chi connectivity index (χ1n) is 6.25. The van der Waals surface area contributed by atoms with Crippen molar-refractivity contribution in [2.45, 2.75) is 11.4 Å². The van der Waals surface area contributed by atoms with Gasteiger partial charge in [-0.2, -0.15) is 4.31 Å². The standard InChI is InChI=1S/C14H17N3O3S/c1-17(10-11-5-3-4-6-13(11)20-2)21(18,19)12-7-8-16-14(15)9-12/h3-9H,10H2,1-2H3,(H2,15,16). The van der Waals surface area contributed by atoms with Crippen molar-refractivity contribution in [1.29, 1.82) is 0 Å². The second-order valence-corrected chi connectivity index (χ2v) is 6.53. The predicted molar refractivity (Wildman–Crippen MR) is 80.3 cm³/mol. The molecule has 0 unspecified atom stereocenters. The summed E-state index contributed by atoms with van der Waals surface area (Å²) in [6.07, 6.45) is 1.37. The highest BCUT2D eigenvalue weighted by Crippen LogP contribution is 2.22. The minimum atomic E-state index is -3.63. The van der Waals surface area contributed by atoms with Gasteiger partial charge in [0.2, 0.25) is 10.0 Å². The summed E-state index contributed by atoms with van der Waals surface area (Å²) in [5, 5.41) is 0. The van der Waals surface area contributed by atoms with E-state index in [1.54, 1.807) is 13.2 Å². The fourth-order valence-corrected chi connectivity index (χ4v) is 3.10. The predicted octanol–water partition coefficient (Wildman–Crippen LogP) is 1.49. The number of benzene rings is 1. The molecule has 112 valence electrons. The summed E-state index contributed by atoms with van der Waals surface area (Å²) in [6.45, 7) is 0.203. The highest BCUT2D eigenvalue weighted by Gasteiger charge is 2.22. The van der Waals surface area contributed by atoms with Crippen LogP contribution in [0.15, 0.2) is 47.5 Å². The van der Waals surface area contributed by atoms with E-state index in [2.05, 4.69) is 4.98 Å². The SMILES string of the molecule is COc1ccccc1CN(C)S(=O)(=O)c1ccnc(N)c1. The van der Waals surface area contributed by atoms with E-state index in [1.165, 1.54) is 29.7 Å². The number of nitrogen functional groups attached to an aromatic ring is 1. The number of ether oxygens (including phenoxy) is 1. The van der Waals surface area contributed by atoms with Gasteiger partial charge in [0, 0.05) is 31.4 Å². The summed E-state index contributed by atoms with van der Waals surface area (Å²) >= 11 is 0. The molecule has 21 heavy (non-hydrogen) atoms. The van der Waals surface area contributed by atoms with Crippen molar-refractivity contribution in [1.82, 2.24) is 9.29 Å². The Balaban J connectivity index is 2.29. The Bertz CT molecular complexity index is 732. The lowest BCUT2D eigenvalue weighted by Gasteiger charge is -2.18. The highest BCUT2D eigenvalue weighted by molar-refractivity contribution is 7.89. The van der Waals surface area contributed by atoms with Crippen LogP contribution in [0.1, 0.15) is 5.56 Å². The van der Waals surface area contributed by atoms with E-state index >= 15 is 0 Å². The van der Waals surface area contributed by atoms with Gasteiger partial charge in [0.25, 0.3) is 0 Å². The van der Waals surface area contributed by atoms with Crippen LogP contribution in [0, 0.1) is 0 Å². The topological polar surface area (TPSA) is 85.5 Å². The van der Waals surface area contributed by atoms with E-state index < -0.39 is 10.0 Å². The molecule has 2 N–H and O–H groups in total. The number of pyridine rings is 1. The molecule has 7 heteroatoms. The molecular weight excluding hydrogens is 290 g/mol. The Morgan fingerprint density at radius 1 is 1.29 bits per heavy atom. The van der Waals surface area contributed by atoms with Crippen LogP contribution < -0.4 is 10.5 Å². The van der Waals surface area contributed by atoms with Crippen LogP contribution >= 0.6 is 0 Å². The lowest BCUT2D eigenvalue weighted by Crippen LogP contribution is -2.26. The summed E-state index contributed by atoms with van der Waals surface area (Å²) in [4.78, 5) is 3.92. The maximum Gasteiger partial charge on any atom is 0.243 e. The first kappa shape index (κ1) is 15.3. The first-order chi connectivity index (χ1) is 9.95. The van der Waals surface area contributed by atoms with Gasteiger partial charge in [0.15, 0.2) is 0 Å². The molecule has 0 spiro atoms. The molecule has 0 saturated carbocycles. The van der Waals surface area contributed by atoms with Crippen LogP contribution in [0.4, 0.5) is 5.82 Å². The van der Waals surface area contributed by atoms with E-state index in [0.717, 1.165) is 5.56 Å². The minimum Gasteiger partial charge on any atom is -0.496 e. The molecule has 2 aromatic rings. The summed E-state index contributed by atoms with van der Waals surface area (Å²) < 4.78 is 31.5. The molecule has 1 aromatic heterocycles. The Labute approximate surface area is 124 Å².